The molecule has 1 aromatic heterocycles. The number of aromatic hydroxyl groups is 1. The zero-order chi connectivity index (χ0) is 20.8. The number of amides is 1. The second kappa shape index (κ2) is 9.03. The molecule has 2 aromatic carbocycles. The number of aromatic nitrogens is 1. The Labute approximate surface area is 171 Å². The molecule has 1 heterocycles. The van der Waals surface area contributed by atoms with Gasteiger partial charge >= 0.3 is 0 Å². The summed E-state index contributed by atoms with van der Waals surface area (Å²) in [5.41, 5.74) is 7.68. The summed E-state index contributed by atoms with van der Waals surface area (Å²) in [6, 6.07) is 12.1. The molecule has 0 saturated carbocycles. The van der Waals surface area contributed by atoms with Crippen molar-refractivity contribution in [2.45, 2.75) is 0 Å². The average molecular weight is 408 g/mol. The van der Waals surface area contributed by atoms with Gasteiger partial charge in [0.2, 0.25) is 4.80 Å². The minimum absolute atomic E-state index is 0.0453. The van der Waals surface area contributed by atoms with Crippen LogP contribution in [0.1, 0.15) is 15.9 Å². The summed E-state index contributed by atoms with van der Waals surface area (Å²) in [4.78, 5) is 16.7. The van der Waals surface area contributed by atoms with Crippen LogP contribution < -0.4 is 15.3 Å². The third-order valence-electron chi connectivity index (χ3n) is 4.04. The maximum atomic E-state index is 11.6. The Morgan fingerprint density at radius 1 is 1.31 bits per heavy atom. The fourth-order valence-electron chi connectivity index (χ4n) is 2.57. The highest BCUT2D eigenvalue weighted by atomic mass is 32.1. The Bertz CT molecular complexity index is 1130. The molecule has 0 fully saturated rings. The largest absolute Gasteiger partial charge is 0.507 e. The van der Waals surface area contributed by atoms with Crippen molar-refractivity contribution < 1.29 is 14.6 Å². The first kappa shape index (κ1) is 20.1. The maximum absolute atomic E-state index is 11.6. The number of nitrogens with zero attached hydrogens (tertiary/aromatic N) is 3. The summed E-state index contributed by atoms with van der Waals surface area (Å²) in [7, 11) is 1.61. The summed E-state index contributed by atoms with van der Waals surface area (Å²) in [5, 5.41) is 16.3. The fourth-order valence-corrected chi connectivity index (χ4v) is 3.41. The van der Waals surface area contributed by atoms with Crippen LogP contribution in [0.2, 0.25) is 0 Å². The summed E-state index contributed by atoms with van der Waals surface area (Å²) < 4.78 is 6.85. The van der Waals surface area contributed by atoms with Crippen LogP contribution >= 0.6 is 11.3 Å². The Kier molecular flexibility index (Phi) is 6.25. The van der Waals surface area contributed by atoms with Crippen LogP contribution in [0, 0.1) is 0 Å². The third-order valence-corrected chi connectivity index (χ3v) is 4.89. The second-order valence-corrected chi connectivity index (χ2v) is 6.80. The predicted molar refractivity (Wildman–Crippen MR) is 115 cm³/mol. The van der Waals surface area contributed by atoms with Gasteiger partial charge in [-0.05, 0) is 48.0 Å². The highest BCUT2D eigenvalue weighted by Gasteiger charge is 2.13. The highest BCUT2D eigenvalue weighted by Crippen LogP contribution is 2.26. The van der Waals surface area contributed by atoms with E-state index in [-0.39, 0.29) is 11.3 Å². The molecule has 1 amide bonds. The number of carbonyl (C=O) groups excluding carboxylic acids is 1. The van der Waals surface area contributed by atoms with Gasteiger partial charge in [-0.2, -0.15) is 5.10 Å². The van der Waals surface area contributed by atoms with Crippen molar-refractivity contribution in [3.8, 4) is 22.8 Å². The molecule has 148 valence electrons. The number of hydrogen-bond acceptors (Lipinski definition) is 6. The molecule has 0 radical (unpaired) electrons. The fraction of sp³-hybridized carbons (Fsp3) is 0.0952. The number of benzene rings is 2. The Morgan fingerprint density at radius 2 is 2.07 bits per heavy atom. The first-order valence-corrected chi connectivity index (χ1v) is 9.55. The first-order chi connectivity index (χ1) is 14.0. The van der Waals surface area contributed by atoms with E-state index in [2.05, 4.69) is 16.7 Å². The molecule has 3 rings (SSSR count). The molecular weight excluding hydrogens is 388 g/mol. The van der Waals surface area contributed by atoms with E-state index >= 15 is 0 Å². The van der Waals surface area contributed by atoms with E-state index in [0.717, 1.165) is 11.3 Å². The summed E-state index contributed by atoms with van der Waals surface area (Å²) >= 11 is 1.41. The van der Waals surface area contributed by atoms with E-state index in [1.807, 2.05) is 29.6 Å². The van der Waals surface area contributed by atoms with Crippen molar-refractivity contribution in [2.75, 3.05) is 13.7 Å². The van der Waals surface area contributed by atoms with Crippen LogP contribution in [0.25, 0.3) is 11.3 Å². The van der Waals surface area contributed by atoms with Crippen LogP contribution in [-0.4, -0.2) is 35.6 Å². The van der Waals surface area contributed by atoms with Crippen LogP contribution in [0.5, 0.6) is 11.5 Å². The highest BCUT2D eigenvalue weighted by molar-refractivity contribution is 7.07. The van der Waals surface area contributed by atoms with Gasteiger partial charge in [0, 0.05) is 10.9 Å². The molecule has 0 saturated heterocycles. The van der Waals surface area contributed by atoms with Gasteiger partial charge in [-0.15, -0.1) is 17.9 Å². The normalized spacial score (nSPS) is 11.7. The Balaban J connectivity index is 2.08. The molecule has 7 nitrogen and oxygen atoms in total. The lowest BCUT2D eigenvalue weighted by molar-refractivity contribution is 0.0998. The second-order valence-electron chi connectivity index (χ2n) is 5.96. The average Bonchev–Trinajstić information content (AvgIpc) is 3.13. The summed E-state index contributed by atoms with van der Waals surface area (Å²) in [6.45, 7) is 4.14. The van der Waals surface area contributed by atoms with Gasteiger partial charge in [0.05, 0.1) is 31.1 Å². The maximum Gasteiger partial charge on any atom is 0.252 e. The summed E-state index contributed by atoms with van der Waals surface area (Å²) in [5.74, 6) is -0.110. The van der Waals surface area contributed by atoms with Gasteiger partial charge < -0.3 is 15.6 Å². The van der Waals surface area contributed by atoms with Gasteiger partial charge in [-0.1, -0.05) is 6.08 Å². The third kappa shape index (κ3) is 4.61. The number of hydrogen-bond donors (Lipinski definition) is 2. The lowest BCUT2D eigenvalue weighted by Crippen LogP contribution is -2.13. The first-order valence-electron chi connectivity index (χ1n) is 8.67. The van der Waals surface area contributed by atoms with Crippen molar-refractivity contribution in [3.63, 3.8) is 0 Å². The lowest BCUT2D eigenvalue weighted by atomic mass is 10.1. The number of primary amides is 1. The van der Waals surface area contributed by atoms with E-state index in [4.69, 9.17) is 10.5 Å². The number of rotatable bonds is 7. The van der Waals surface area contributed by atoms with Crippen molar-refractivity contribution >= 4 is 23.5 Å². The number of phenols is 1. The standard InChI is InChI=1S/C21H20N4O3S/c1-3-10-23-21-25(24-12-14-4-7-16(28-2)8-5-14)18(13-29-21)15-6-9-19(26)17(11-15)20(22)27/h3-9,11-13,26H,1,10H2,2H3,(H2,22,27)/b23-21?,24-12+. The quantitative estimate of drug-likeness (QED) is 0.464. The number of methoxy groups -OCH3 is 1. The van der Waals surface area contributed by atoms with E-state index in [9.17, 15) is 9.90 Å². The molecule has 0 unspecified atom stereocenters. The van der Waals surface area contributed by atoms with Gasteiger partial charge in [0.25, 0.3) is 5.91 Å². The Morgan fingerprint density at radius 3 is 2.72 bits per heavy atom. The molecule has 0 bridgehead atoms. The molecule has 0 spiro atoms. The Hall–Kier alpha value is -3.65. The monoisotopic (exact) mass is 408 g/mol. The van der Waals surface area contributed by atoms with E-state index < -0.39 is 5.91 Å². The van der Waals surface area contributed by atoms with Gasteiger partial charge in [-0.3, -0.25) is 9.79 Å². The molecule has 0 aliphatic heterocycles. The molecule has 3 N–H and O–H groups in total. The van der Waals surface area contributed by atoms with Crippen LogP contribution in [0.3, 0.4) is 0 Å². The smallest absolute Gasteiger partial charge is 0.252 e. The van der Waals surface area contributed by atoms with E-state index in [1.165, 1.54) is 23.5 Å². The SMILES string of the molecule is C=CCN=c1scc(-c2ccc(O)c(C(N)=O)c2)n1/N=C/c1ccc(OC)cc1. The molecular formula is C21H20N4O3S. The van der Waals surface area contributed by atoms with Crippen molar-refractivity contribution in [1.82, 2.24) is 4.68 Å². The van der Waals surface area contributed by atoms with Crippen LogP contribution in [0.15, 0.2) is 70.6 Å². The van der Waals surface area contributed by atoms with Crippen molar-refractivity contribution in [3.05, 3.63) is 76.4 Å². The minimum atomic E-state index is -0.704. The van der Waals surface area contributed by atoms with Crippen LogP contribution in [0.4, 0.5) is 0 Å². The van der Waals surface area contributed by atoms with Crippen molar-refractivity contribution in [1.29, 1.82) is 0 Å². The molecule has 0 atom stereocenters. The van der Waals surface area contributed by atoms with Crippen molar-refractivity contribution in [2.24, 2.45) is 15.8 Å². The lowest BCUT2D eigenvalue weighted by Gasteiger charge is -2.07. The number of thiazole rings is 1. The topological polar surface area (TPSA) is 102 Å². The van der Waals surface area contributed by atoms with E-state index in [1.54, 1.807) is 30.1 Å². The van der Waals surface area contributed by atoms with Gasteiger partial charge in [-0.25, -0.2) is 4.68 Å². The van der Waals surface area contributed by atoms with Gasteiger partial charge in [0.15, 0.2) is 0 Å². The zero-order valence-corrected chi connectivity index (χ0v) is 16.6. The molecule has 3 aromatic rings. The molecule has 0 aliphatic rings. The number of carbonyl (C=O) groups is 1. The van der Waals surface area contributed by atoms with E-state index in [0.29, 0.717) is 22.6 Å². The zero-order valence-electron chi connectivity index (χ0n) is 15.8. The molecule has 8 heteroatoms. The molecule has 0 aliphatic carbocycles. The minimum Gasteiger partial charge on any atom is -0.507 e. The number of ether oxygens (including phenoxy) is 1. The van der Waals surface area contributed by atoms with Crippen LogP contribution in [-0.2, 0) is 0 Å². The number of nitrogens with two attached hydrogens (primary N) is 1. The summed E-state index contributed by atoms with van der Waals surface area (Å²) in [6.07, 6.45) is 3.40. The van der Waals surface area contributed by atoms with Gasteiger partial charge in [0.1, 0.15) is 11.5 Å². The molecule has 29 heavy (non-hydrogen) atoms. The predicted octanol–water partition coefficient (Wildman–Crippen LogP) is 3.00.